The lowest BCUT2D eigenvalue weighted by molar-refractivity contribution is 0.432. The molecule has 0 fully saturated rings. The molecule has 2 aromatic carbocycles. The molecule has 3 aromatic rings. The van der Waals surface area contributed by atoms with Gasteiger partial charge in [0, 0.05) is 11.1 Å². The van der Waals surface area contributed by atoms with E-state index in [-0.39, 0.29) is 0 Å². The fraction of sp³-hybridized carbons (Fsp3) is 0.0667. The molecule has 20 heavy (non-hydrogen) atoms. The summed E-state index contributed by atoms with van der Waals surface area (Å²) in [6.45, 7) is 2.03. The summed E-state index contributed by atoms with van der Waals surface area (Å²) < 4.78 is 5.27. The molecule has 5 heteroatoms. The lowest BCUT2D eigenvalue weighted by atomic mass is 10.1. The smallest absolute Gasteiger partial charge is 0.258 e. The number of halogens is 1. The molecular weight excluding hydrogens is 274 g/mol. The van der Waals surface area contributed by atoms with Crippen molar-refractivity contribution in [1.29, 1.82) is 0 Å². The quantitative estimate of drug-likeness (QED) is 0.724. The maximum atomic E-state index is 5.89. The molecule has 0 bridgehead atoms. The Balaban J connectivity index is 1.97. The van der Waals surface area contributed by atoms with Crippen LogP contribution in [0.4, 0.5) is 5.69 Å². The summed E-state index contributed by atoms with van der Waals surface area (Å²) >= 11 is 5.89. The van der Waals surface area contributed by atoms with Crippen molar-refractivity contribution in [3.05, 3.63) is 53.1 Å². The number of nitrogens with zero attached hydrogens (tertiary/aromatic N) is 2. The van der Waals surface area contributed by atoms with E-state index in [1.165, 1.54) is 5.56 Å². The first-order valence-corrected chi connectivity index (χ1v) is 6.47. The molecule has 0 aliphatic heterocycles. The van der Waals surface area contributed by atoms with Gasteiger partial charge < -0.3 is 10.3 Å². The van der Waals surface area contributed by atoms with Gasteiger partial charge in [0.2, 0.25) is 5.82 Å². The Kier molecular flexibility index (Phi) is 3.16. The standard InChI is InChI=1S/C15H12ClN3O/c1-9-2-4-10(5-3-9)14-18-15(20-19-14)11-6-7-12(16)13(17)8-11/h2-8H,17H2,1H3. The Morgan fingerprint density at radius 1 is 1.05 bits per heavy atom. The van der Waals surface area contributed by atoms with Crippen molar-refractivity contribution in [3.63, 3.8) is 0 Å². The van der Waals surface area contributed by atoms with E-state index in [0.29, 0.717) is 22.4 Å². The second kappa shape index (κ2) is 4.98. The predicted molar refractivity (Wildman–Crippen MR) is 79.3 cm³/mol. The monoisotopic (exact) mass is 285 g/mol. The average Bonchev–Trinajstić information content (AvgIpc) is 2.92. The number of hydrogen-bond donors (Lipinski definition) is 1. The average molecular weight is 286 g/mol. The van der Waals surface area contributed by atoms with E-state index in [4.69, 9.17) is 21.9 Å². The molecule has 0 aliphatic rings. The molecule has 0 saturated carbocycles. The molecule has 1 heterocycles. The van der Waals surface area contributed by atoms with Gasteiger partial charge in [-0.2, -0.15) is 4.98 Å². The molecule has 100 valence electrons. The first-order chi connectivity index (χ1) is 9.63. The van der Waals surface area contributed by atoms with Gasteiger partial charge in [0.1, 0.15) is 0 Å². The zero-order valence-corrected chi connectivity index (χ0v) is 11.6. The Labute approximate surface area is 121 Å². The highest BCUT2D eigenvalue weighted by Crippen LogP contribution is 2.27. The highest BCUT2D eigenvalue weighted by Gasteiger charge is 2.11. The summed E-state index contributed by atoms with van der Waals surface area (Å²) in [6, 6.07) is 13.2. The lowest BCUT2D eigenvalue weighted by Crippen LogP contribution is -1.87. The number of nitrogens with two attached hydrogens (primary N) is 1. The molecule has 0 atom stereocenters. The number of hydrogen-bond acceptors (Lipinski definition) is 4. The molecule has 1 aromatic heterocycles. The third kappa shape index (κ3) is 2.38. The van der Waals surface area contributed by atoms with Crippen molar-refractivity contribution in [2.24, 2.45) is 0 Å². The molecular formula is C15H12ClN3O. The van der Waals surface area contributed by atoms with Crippen LogP contribution in [0.2, 0.25) is 5.02 Å². The van der Waals surface area contributed by atoms with Gasteiger partial charge in [0.25, 0.3) is 5.89 Å². The summed E-state index contributed by atoms with van der Waals surface area (Å²) in [5.41, 5.74) is 9.10. The Morgan fingerprint density at radius 3 is 2.45 bits per heavy atom. The maximum absolute atomic E-state index is 5.89. The van der Waals surface area contributed by atoms with Crippen LogP contribution in [0.1, 0.15) is 5.56 Å². The minimum absolute atomic E-state index is 0.420. The molecule has 0 unspecified atom stereocenters. The van der Waals surface area contributed by atoms with E-state index >= 15 is 0 Å². The highest BCUT2D eigenvalue weighted by molar-refractivity contribution is 6.33. The van der Waals surface area contributed by atoms with Crippen LogP contribution >= 0.6 is 11.6 Å². The molecule has 0 radical (unpaired) electrons. The van der Waals surface area contributed by atoms with Crippen LogP contribution in [0.15, 0.2) is 47.0 Å². The number of benzene rings is 2. The van der Waals surface area contributed by atoms with Gasteiger partial charge in [-0.1, -0.05) is 46.6 Å². The SMILES string of the molecule is Cc1ccc(-c2noc(-c3ccc(Cl)c(N)c3)n2)cc1. The number of aryl methyl sites for hydroxylation is 1. The first kappa shape index (κ1) is 12.7. The van der Waals surface area contributed by atoms with E-state index in [1.807, 2.05) is 31.2 Å². The molecule has 0 aliphatic carbocycles. The van der Waals surface area contributed by atoms with E-state index < -0.39 is 0 Å². The fourth-order valence-corrected chi connectivity index (χ4v) is 1.95. The van der Waals surface area contributed by atoms with Crippen LogP contribution in [0, 0.1) is 6.92 Å². The van der Waals surface area contributed by atoms with E-state index in [1.54, 1.807) is 18.2 Å². The predicted octanol–water partition coefficient (Wildman–Crippen LogP) is 3.95. The Morgan fingerprint density at radius 2 is 1.75 bits per heavy atom. The van der Waals surface area contributed by atoms with E-state index in [9.17, 15) is 0 Å². The van der Waals surface area contributed by atoms with Crippen molar-refractivity contribution < 1.29 is 4.52 Å². The van der Waals surface area contributed by atoms with Crippen LogP contribution in [0.3, 0.4) is 0 Å². The van der Waals surface area contributed by atoms with Crippen molar-refractivity contribution in [2.75, 3.05) is 5.73 Å². The fourth-order valence-electron chi connectivity index (χ4n) is 1.84. The van der Waals surface area contributed by atoms with Crippen LogP contribution in [-0.4, -0.2) is 10.1 Å². The maximum Gasteiger partial charge on any atom is 0.258 e. The topological polar surface area (TPSA) is 64.9 Å². The van der Waals surface area contributed by atoms with E-state index in [2.05, 4.69) is 10.1 Å². The third-order valence-corrected chi connectivity index (χ3v) is 3.32. The zero-order chi connectivity index (χ0) is 14.1. The molecule has 4 nitrogen and oxygen atoms in total. The highest BCUT2D eigenvalue weighted by atomic mass is 35.5. The second-order valence-electron chi connectivity index (χ2n) is 4.53. The van der Waals surface area contributed by atoms with Gasteiger partial charge in [-0.25, -0.2) is 0 Å². The summed E-state index contributed by atoms with van der Waals surface area (Å²) in [7, 11) is 0. The van der Waals surface area contributed by atoms with Gasteiger partial charge in [0.15, 0.2) is 0 Å². The first-order valence-electron chi connectivity index (χ1n) is 6.09. The Hall–Kier alpha value is -2.33. The van der Waals surface area contributed by atoms with Crippen molar-refractivity contribution >= 4 is 17.3 Å². The zero-order valence-electron chi connectivity index (χ0n) is 10.8. The van der Waals surface area contributed by atoms with Crippen LogP contribution in [0.5, 0.6) is 0 Å². The van der Waals surface area contributed by atoms with Crippen LogP contribution in [-0.2, 0) is 0 Å². The summed E-state index contributed by atoms with van der Waals surface area (Å²) in [5.74, 6) is 0.970. The number of nitrogen functional groups attached to an aromatic ring is 1. The molecule has 0 amide bonds. The van der Waals surface area contributed by atoms with Crippen molar-refractivity contribution in [3.8, 4) is 22.8 Å². The summed E-state index contributed by atoms with van der Waals surface area (Å²) in [6.07, 6.45) is 0. The minimum Gasteiger partial charge on any atom is -0.398 e. The number of rotatable bonds is 2. The number of aromatic nitrogens is 2. The van der Waals surface area contributed by atoms with Crippen LogP contribution in [0.25, 0.3) is 22.8 Å². The van der Waals surface area contributed by atoms with Crippen LogP contribution < -0.4 is 5.73 Å². The van der Waals surface area contributed by atoms with Gasteiger partial charge in [-0.05, 0) is 25.1 Å². The minimum atomic E-state index is 0.420. The third-order valence-electron chi connectivity index (χ3n) is 2.98. The normalized spacial score (nSPS) is 10.7. The second-order valence-corrected chi connectivity index (χ2v) is 4.93. The molecule has 0 saturated heterocycles. The lowest BCUT2D eigenvalue weighted by Gasteiger charge is -1.99. The molecule has 2 N–H and O–H groups in total. The summed E-state index contributed by atoms with van der Waals surface area (Å²) in [4.78, 5) is 4.37. The van der Waals surface area contributed by atoms with Gasteiger partial charge in [-0.3, -0.25) is 0 Å². The van der Waals surface area contributed by atoms with Crippen molar-refractivity contribution in [2.45, 2.75) is 6.92 Å². The summed E-state index contributed by atoms with van der Waals surface area (Å²) in [5, 5.41) is 4.49. The largest absolute Gasteiger partial charge is 0.398 e. The molecule has 0 spiro atoms. The number of anilines is 1. The van der Waals surface area contributed by atoms with E-state index in [0.717, 1.165) is 11.1 Å². The van der Waals surface area contributed by atoms with Gasteiger partial charge >= 0.3 is 0 Å². The Bertz CT molecular complexity index is 750. The van der Waals surface area contributed by atoms with Crippen molar-refractivity contribution in [1.82, 2.24) is 10.1 Å². The molecule has 3 rings (SSSR count). The van der Waals surface area contributed by atoms with Gasteiger partial charge in [-0.15, -0.1) is 0 Å². The van der Waals surface area contributed by atoms with Gasteiger partial charge in [0.05, 0.1) is 10.7 Å².